The molecule has 0 aromatic heterocycles. The average molecular weight is 399 g/mol. The zero-order valence-electron chi connectivity index (χ0n) is 17.7. The molecule has 0 amide bonds. The Morgan fingerprint density at radius 2 is 1.21 bits per heavy atom. The molecule has 0 aliphatic heterocycles. The molecule has 0 saturated heterocycles. The lowest BCUT2D eigenvalue weighted by molar-refractivity contribution is 0.200. The van der Waals surface area contributed by atoms with E-state index < -0.39 is 0 Å². The van der Waals surface area contributed by atoms with Crippen molar-refractivity contribution in [3.05, 3.63) is 58.7 Å². The number of aryl methyl sites for hydroxylation is 2. The first-order valence-corrected chi connectivity index (χ1v) is 10.9. The maximum absolute atomic E-state index is 9.08. The summed E-state index contributed by atoms with van der Waals surface area (Å²) in [6, 6.07) is 13.2. The quantitative estimate of drug-likeness (QED) is 0.622. The molecule has 4 nitrogen and oxygen atoms in total. The van der Waals surface area contributed by atoms with Gasteiger partial charge < -0.3 is 19.7 Å². The van der Waals surface area contributed by atoms with Crippen LogP contribution in [0.1, 0.15) is 61.8 Å². The summed E-state index contributed by atoms with van der Waals surface area (Å²) in [5.41, 5.74) is 5.13. The first-order valence-electron chi connectivity index (χ1n) is 10.9. The Morgan fingerprint density at radius 1 is 0.759 bits per heavy atom. The van der Waals surface area contributed by atoms with Gasteiger partial charge in [-0.15, -0.1) is 0 Å². The minimum Gasteiger partial charge on any atom is -0.491 e. The van der Waals surface area contributed by atoms with E-state index in [1.165, 1.54) is 35.1 Å². The normalized spacial score (nSPS) is 15.4. The van der Waals surface area contributed by atoms with Crippen molar-refractivity contribution < 1.29 is 19.7 Å². The second kappa shape index (κ2) is 10.1. The molecular weight excluding hydrogens is 364 g/mol. The molecule has 0 bridgehead atoms. The van der Waals surface area contributed by atoms with Gasteiger partial charge in [0.15, 0.2) is 0 Å². The molecule has 1 saturated carbocycles. The zero-order valence-corrected chi connectivity index (χ0v) is 17.7. The molecule has 3 rings (SSSR count). The highest BCUT2D eigenvalue weighted by molar-refractivity contribution is 5.49. The van der Waals surface area contributed by atoms with Crippen molar-refractivity contribution in [3.8, 4) is 11.5 Å². The largest absolute Gasteiger partial charge is 0.491 e. The van der Waals surface area contributed by atoms with Crippen molar-refractivity contribution in [2.75, 3.05) is 26.4 Å². The van der Waals surface area contributed by atoms with Crippen molar-refractivity contribution in [1.82, 2.24) is 0 Å². The fourth-order valence-electron chi connectivity index (χ4n) is 4.62. The number of rotatable bonds is 10. The highest BCUT2D eigenvalue weighted by Gasteiger charge is 2.38. The first kappa shape index (κ1) is 21.7. The summed E-state index contributed by atoms with van der Waals surface area (Å²) in [5.74, 6) is 1.75. The Balaban J connectivity index is 2.00. The molecule has 1 aliphatic rings. The number of ether oxygens (including phenoxy) is 2. The molecule has 0 atom stereocenters. The summed E-state index contributed by atoms with van der Waals surface area (Å²) in [7, 11) is 0. The van der Waals surface area contributed by atoms with E-state index in [0.29, 0.717) is 13.2 Å². The van der Waals surface area contributed by atoms with E-state index in [0.717, 1.165) is 37.2 Å². The third-order valence-electron chi connectivity index (χ3n) is 6.14. The molecule has 0 radical (unpaired) electrons. The van der Waals surface area contributed by atoms with E-state index in [2.05, 4.69) is 50.2 Å². The number of aliphatic hydroxyl groups excluding tert-OH is 2. The van der Waals surface area contributed by atoms with E-state index in [9.17, 15) is 0 Å². The number of hydrogen-bond donors (Lipinski definition) is 2. The van der Waals surface area contributed by atoms with Gasteiger partial charge in [-0.2, -0.15) is 0 Å². The second-order valence-corrected chi connectivity index (χ2v) is 7.79. The van der Waals surface area contributed by atoms with Crippen LogP contribution in [0.15, 0.2) is 36.4 Å². The van der Waals surface area contributed by atoms with Crippen LogP contribution >= 0.6 is 0 Å². The van der Waals surface area contributed by atoms with E-state index in [1.54, 1.807) is 0 Å². The van der Waals surface area contributed by atoms with Gasteiger partial charge in [-0.1, -0.05) is 51.0 Å². The minimum absolute atomic E-state index is 0.0266. The van der Waals surface area contributed by atoms with Gasteiger partial charge >= 0.3 is 0 Å². The fraction of sp³-hybridized carbons (Fsp3) is 0.520. The summed E-state index contributed by atoms with van der Waals surface area (Å²) in [4.78, 5) is 0. The van der Waals surface area contributed by atoms with E-state index >= 15 is 0 Å². The topological polar surface area (TPSA) is 58.9 Å². The lowest BCUT2D eigenvalue weighted by Gasteiger charge is -2.32. The third-order valence-corrected chi connectivity index (χ3v) is 6.14. The van der Waals surface area contributed by atoms with Crippen molar-refractivity contribution in [2.45, 2.75) is 57.8 Å². The highest BCUT2D eigenvalue weighted by Crippen LogP contribution is 2.48. The molecule has 2 N–H and O–H groups in total. The van der Waals surface area contributed by atoms with Gasteiger partial charge in [0.2, 0.25) is 0 Å². The molecule has 4 heteroatoms. The predicted molar refractivity (Wildman–Crippen MR) is 116 cm³/mol. The third kappa shape index (κ3) is 4.59. The number of hydrogen-bond acceptors (Lipinski definition) is 4. The van der Waals surface area contributed by atoms with Crippen LogP contribution in [0.5, 0.6) is 11.5 Å². The maximum atomic E-state index is 9.08. The molecule has 0 spiro atoms. The zero-order chi connectivity index (χ0) is 20.7. The van der Waals surface area contributed by atoms with Crippen molar-refractivity contribution >= 4 is 0 Å². The van der Waals surface area contributed by atoms with Gasteiger partial charge in [0, 0.05) is 5.41 Å². The van der Waals surface area contributed by atoms with Gasteiger partial charge in [-0.25, -0.2) is 0 Å². The van der Waals surface area contributed by atoms with Crippen LogP contribution in [-0.4, -0.2) is 36.6 Å². The van der Waals surface area contributed by atoms with E-state index in [4.69, 9.17) is 19.7 Å². The van der Waals surface area contributed by atoms with Crippen LogP contribution < -0.4 is 9.47 Å². The minimum atomic E-state index is 0.0266. The molecule has 158 valence electrons. The Kier molecular flexibility index (Phi) is 7.57. The van der Waals surface area contributed by atoms with E-state index in [1.807, 2.05) is 0 Å². The van der Waals surface area contributed by atoms with Gasteiger partial charge in [-0.3, -0.25) is 0 Å². The molecule has 0 heterocycles. The molecule has 1 fully saturated rings. The summed E-state index contributed by atoms with van der Waals surface area (Å²) >= 11 is 0. The lowest BCUT2D eigenvalue weighted by atomic mass is 9.72. The van der Waals surface area contributed by atoms with Gasteiger partial charge in [0.25, 0.3) is 0 Å². The Morgan fingerprint density at radius 3 is 1.59 bits per heavy atom. The summed E-state index contributed by atoms with van der Waals surface area (Å²) in [5, 5.41) is 18.2. The lowest BCUT2D eigenvalue weighted by Crippen LogP contribution is -2.24. The van der Waals surface area contributed by atoms with Crippen LogP contribution in [0.3, 0.4) is 0 Å². The smallest absolute Gasteiger partial charge is 0.122 e. The van der Waals surface area contributed by atoms with Crippen LogP contribution in [0, 0.1) is 0 Å². The Bertz CT molecular complexity index is 732. The SMILES string of the molecule is CCc1cc(C2(c3ccc(OCCO)c(CC)c3)CCCC2)ccc1OCCO. The van der Waals surface area contributed by atoms with Crippen molar-refractivity contribution in [2.24, 2.45) is 0 Å². The summed E-state index contributed by atoms with van der Waals surface area (Å²) in [6.45, 7) is 5.00. The molecule has 29 heavy (non-hydrogen) atoms. The number of benzene rings is 2. The number of aliphatic hydroxyl groups is 2. The standard InChI is InChI=1S/C25H34O4/c1-3-19-17-21(7-9-23(19)28-15-13-26)25(11-5-6-12-25)22-8-10-24(29-16-14-27)20(4-2)18-22/h7-10,17-18,26-27H,3-6,11-16H2,1-2H3. The monoisotopic (exact) mass is 398 g/mol. The average Bonchev–Trinajstić information content (AvgIpc) is 3.27. The van der Waals surface area contributed by atoms with Crippen molar-refractivity contribution in [3.63, 3.8) is 0 Å². The van der Waals surface area contributed by atoms with Crippen LogP contribution in [0.4, 0.5) is 0 Å². The maximum Gasteiger partial charge on any atom is 0.122 e. The van der Waals surface area contributed by atoms with E-state index in [-0.39, 0.29) is 18.6 Å². The predicted octanol–water partition coefficient (Wildman–Crippen LogP) is 4.41. The van der Waals surface area contributed by atoms with Gasteiger partial charge in [-0.05, 0) is 60.1 Å². The summed E-state index contributed by atoms with van der Waals surface area (Å²) in [6.07, 6.45) is 6.56. The molecule has 2 aromatic carbocycles. The highest BCUT2D eigenvalue weighted by atomic mass is 16.5. The van der Waals surface area contributed by atoms with Crippen LogP contribution in [0.25, 0.3) is 0 Å². The molecular formula is C25H34O4. The summed E-state index contributed by atoms with van der Waals surface area (Å²) < 4.78 is 11.5. The van der Waals surface area contributed by atoms with Gasteiger partial charge in [0.05, 0.1) is 13.2 Å². The molecule has 1 aliphatic carbocycles. The Labute approximate surface area is 174 Å². The Hall–Kier alpha value is -2.04. The second-order valence-electron chi connectivity index (χ2n) is 7.79. The fourth-order valence-corrected chi connectivity index (χ4v) is 4.62. The van der Waals surface area contributed by atoms with Gasteiger partial charge in [0.1, 0.15) is 24.7 Å². The van der Waals surface area contributed by atoms with Crippen LogP contribution in [0.2, 0.25) is 0 Å². The molecule has 0 unspecified atom stereocenters. The van der Waals surface area contributed by atoms with Crippen molar-refractivity contribution in [1.29, 1.82) is 0 Å². The first-order chi connectivity index (χ1) is 14.2. The van der Waals surface area contributed by atoms with Crippen LogP contribution in [-0.2, 0) is 18.3 Å². The molecule has 2 aromatic rings.